The van der Waals surface area contributed by atoms with Gasteiger partial charge in [-0.1, -0.05) is 6.07 Å². The van der Waals surface area contributed by atoms with E-state index in [-0.39, 0.29) is 11.8 Å². The molecule has 1 saturated carbocycles. The molecule has 1 aliphatic carbocycles. The van der Waals surface area contributed by atoms with Crippen LogP contribution in [0, 0.1) is 5.92 Å². The van der Waals surface area contributed by atoms with Gasteiger partial charge in [-0.2, -0.15) is 15.4 Å². The summed E-state index contributed by atoms with van der Waals surface area (Å²) in [5.74, 6) is 0.289. The Hall–Kier alpha value is -1.91. The molecule has 5 heteroatoms. The number of benzene rings is 1. The van der Waals surface area contributed by atoms with Gasteiger partial charge in [0.2, 0.25) is 5.91 Å². The van der Waals surface area contributed by atoms with Crippen molar-refractivity contribution >= 4 is 22.6 Å². The highest BCUT2D eigenvalue weighted by molar-refractivity contribution is 6.00. The number of aromatic nitrogens is 3. The molecule has 5 nitrogen and oxygen atoms in total. The molecule has 0 aliphatic heterocycles. The number of para-hydroxylation sites is 1. The van der Waals surface area contributed by atoms with E-state index >= 15 is 0 Å². The van der Waals surface area contributed by atoms with Crippen LogP contribution in [0.3, 0.4) is 0 Å². The molecule has 0 unspecified atom stereocenters. The van der Waals surface area contributed by atoms with Crippen LogP contribution in [-0.4, -0.2) is 21.3 Å². The van der Waals surface area contributed by atoms with E-state index in [0.717, 1.165) is 24.0 Å². The van der Waals surface area contributed by atoms with Crippen LogP contribution in [0.25, 0.3) is 11.0 Å². The van der Waals surface area contributed by atoms with Gasteiger partial charge in [0, 0.05) is 5.92 Å². The van der Waals surface area contributed by atoms with Crippen LogP contribution >= 0.6 is 0 Å². The first-order chi connectivity index (χ1) is 7.34. The minimum atomic E-state index is 0.0884. The molecule has 3 rings (SSSR count). The minimum absolute atomic E-state index is 0.0884. The van der Waals surface area contributed by atoms with Crippen molar-refractivity contribution in [1.82, 2.24) is 15.4 Å². The van der Waals surface area contributed by atoms with E-state index in [1.165, 1.54) is 0 Å². The molecule has 1 aromatic carbocycles. The average Bonchev–Trinajstić information content (AvgIpc) is 2.97. The second-order valence-corrected chi connectivity index (χ2v) is 3.76. The fourth-order valence-electron chi connectivity index (χ4n) is 1.55. The van der Waals surface area contributed by atoms with Crippen molar-refractivity contribution in [2.75, 3.05) is 5.32 Å². The SMILES string of the molecule is O=C(Nc1cccc2n[nH]nc12)C1CC1. The van der Waals surface area contributed by atoms with Gasteiger partial charge < -0.3 is 5.32 Å². The Labute approximate surface area is 85.9 Å². The van der Waals surface area contributed by atoms with Gasteiger partial charge in [-0.15, -0.1) is 0 Å². The highest BCUT2D eigenvalue weighted by Crippen LogP contribution is 2.31. The number of amides is 1. The lowest BCUT2D eigenvalue weighted by atomic mass is 10.2. The van der Waals surface area contributed by atoms with Crippen molar-refractivity contribution < 1.29 is 4.79 Å². The molecule has 0 spiro atoms. The van der Waals surface area contributed by atoms with Crippen molar-refractivity contribution in [3.8, 4) is 0 Å². The third-order valence-electron chi connectivity index (χ3n) is 2.55. The van der Waals surface area contributed by atoms with Gasteiger partial charge in [-0.25, -0.2) is 0 Å². The van der Waals surface area contributed by atoms with Crippen LogP contribution in [-0.2, 0) is 4.79 Å². The van der Waals surface area contributed by atoms with Crippen LogP contribution in [0.4, 0.5) is 5.69 Å². The third-order valence-corrected chi connectivity index (χ3v) is 2.55. The first-order valence-electron chi connectivity index (χ1n) is 4.95. The van der Waals surface area contributed by atoms with E-state index in [1.54, 1.807) is 0 Å². The van der Waals surface area contributed by atoms with E-state index in [1.807, 2.05) is 18.2 Å². The number of hydrogen-bond acceptors (Lipinski definition) is 3. The largest absolute Gasteiger partial charge is 0.324 e. The Balaban J connectivity index is 1.95. The number of nitrogens with one attached hydrogen (secondary N) is 2. The zero-order valence-electron chi connectivity index (χ0n) is 8.03. The zero-order chi connectivity index (χ0) is 10.3. The van der Waals surface area contributed by atoms with E-state index in [0.29, 0.717) is 5.52 Å². The van der Waals surface area contributed by atoms with Crippen LogP contribution in [0.15, 0.2) is 18.2 Å². The second kappa shape index (κ2) is 3.05. The molecule has 1 aromatic heterocycles. The van der Waals surface area contributed by atoms with Gasteiger partial charge in [-0.05, 0) is 25.0 Å². The molecule has 1 heterocycles. The number of carbonyl (C=O) groups is 1. The Bertz CT molecular complexity index is 515. The molecular formula is C10H10N4O. The Morgan fingerprint density at radius 2 is 2.27 bits per heavy atom. The Morgan fingerprint density at radius 3 is 3.07 bits per heavy atom. The number of anilines is 1. The van der Waals surface area contributed by atoms with E-state index in [2.05, 4.69) is 20.7 Å². The van der Waals surface area contributed by atoms with Crippen molar-refractivity contribution in [2.24, 2.45) is 5.92 Å². The average molecular weight is 202 g/mol. The third kappa shape index (κ3) is 1.45. The summed E-state index contributed by atoms with van der Waals surface area (Å²) in [6.07, 6.45) is 2.00. The summed E-state index contributed by atoms with van der Waals surface area (Å²) < 4.78 is 0. The quantitative estimate of drug-likeness (QED) is 0.771. The van der Waals surface area contributed by atoms with Gasteiger partial charge in [0.15, 0.2) is 0 Å². The van der Waals surface area contributed by atoms with Gasteiger partial charge in [0.1, 0.15) is 11.0 Å². The number of carbonyl (C=O) groups excluding carboxylic acids is 1. The molecule has 15 heavy (non-hydrogen) atoms. The molecule has 0 saturated heterocycles. The number of aromatic amines is 1. The van der Waals surface area contributed by atoms with E-state index < -0.39 is 0 Å². The van der Waals surface area contributed by atoms with Crippen LogP contribution in [0.5, 0.6) is 0 Å². The van der Waals surface area contributed by atoms with Crippen LogP contribution in [0.2, 0.25) is 0 Å². The smallest absolute Gasteiger partial charge is 0.227 e. The maximum atomic E-state index is 11.6. The topological polar surface area (TPSA) is 70.7 Å². The highest BCUT2D eigenvalue weighted by atomic mass is 16.2. The van der Waals surface area contributed by atoms with Crippen molar-refractivity contribution in [3.63, 3.8) is 0 Å². The summed E-state index contributed by atoms with van der Waals surface area (Å²) in [5.41, 5.74) is 2.22. The van der Waals surface area contributed by atoms with Gasteiger partial charge >= 0.3 is 0 Å². The summed E-state index contributed by atoms with van der Waals surface area (Å²) >= 11 is 0. The Morgan fingerprint density at radius 1 is 1.40 bits per heavy atom. The predicted molar refractivity (Wildman–Crippen MR) is 55.2 cm³/mol. The molecule has 0 bridgehead atoms. The van der Waals surface area contributed by atoms with Crippen LogP contribution in [0.1, 0.15) is 12.8 Å². The minimum Gasteiger partial charge on any atom is -0.324 e. The number of hydrogen-bond donors (Lipinski definition) is 2. The summed E-state index contributed by atoms with van der Waals surface area (Å²) in [5, 5.41) is 13.4. The van der Waals surface area contributed by atoms with Gasteiger partial charge in [0.05, 0.1) is 5.69 Å². The maximum absolute atomic E-state index is 11.6. The summed E-state index contributed by atoms with van der Waals surface area (Å²) in [4.78, 5) is 11.6. The highest BCUT2D eigenvalue weighted by Gasteiger charge is 2.29. The number of fused-ring (bicyclic) bond motifs is 1. The molecular weight excluding hydrogens is 192 g/mol. The number of H-pyrrole nitrogens is 1. The van der Waals surface area contributed by atoms with Gasteiger partial charge in [0.25, 0.3) is 0 Å². The normalized spacial score (nSPS) is 15.5. The Kier molecular flexibility index (Phi) is 1.71. The first-order valence-corrected chi connectivity index (χ1v) is 4.95. The van der Waals surface area contributed by atoms with Crippen molar-refractivity contribution in [3.05, 3.63) is 18.2 Å². The van der Waals surface area contributed by atoms with Gasteiger partial charge in [-0.3, -0.25) is 4.79 Å². The molecule has 0 atom stereocenters. The van der Waals surface area contributed by atoms with Crippen LogP contribution < -0.4 is 5.32 Å². The summed E-state index contributed by atoms with van der Waals surface area (Å²) in [6.45, 7) is 0. The standard InChI is InChI=1S/C10H10N4O/c15-10(6-4-5-6)11-7-2-1-3-8-9(7)13-14-12-8/h1-3,6H,4-5H2,(H,11,15)(H,12,13,14). The lowest BCUT2D eigenvalue weighted by Crippen LogP contribution is -2.13. The molecule has 1 aliphatic rings. The fraction of sp³-hybridized carbons (Fsp3) is 0.300. The molecule has 1 amide bonds. The van der Waals surface area contributed by atoms with E-state index in [9.17, 15) is 4.79 Å². The number of rotatable bonds is 2. The maximum Gasteiger partial charge on any atom is 0.227 e. The predicted octanol–water partition coefficient (Wildman–Crippen LogP) is 1.31. The molecule has 0 radical (unpaired) electrons. The fourth-order valence-corrected chi connectivity index (χ4v) is 1.55. The summed E-state index contributed by atoms with van der Waals surface area (Å²) in [6, 6.07) is 5.55. The molecule has 1 fully saturated rings. The number of nitrogens with zero attached hydrogens (tertiary/aromatic N) is 2. The first kappa shape index (κ1) is 8.40. The van der Waals surface area contributed by atoms with E-state index in [4.69, 9.17) is 0 Å². The summed E-state index contributed by atoms with van der Waals surface area (Å²) in [7, 11) is 0. The monoisotopic (exact) mass is 202 g/mol. The lowest BCUT2D eigenvalue weighted by Gasteiger charge is -2.03. The molecule has 2 aromatic rings. The molecule has 2 N–H and O–H groups in total. The molecule has 76 valence electrons. The van der Waals surface area contributed by atoms with Crippen molar-refractivity contribution in [1.29, 1.82) is 0 Å². The van der Waals surface area contributed by atoms with Crippen molar-refractivity contribution in [2.45, 2.75) is 12.8 Å². The second-order valence-electron chi connectivity index (χ2n) is 3.76. The zero-order valence-corrected chi connectivity index (χ0v) is 8.03. The lowest BCUT2D eigenvalue weighted by molar-refractivity contribution is -0.117.